The molecule has 0 saturated heterocycles. The Hall–Kier alpha value is -1.38. The third kappa shape index (κ3) is 1.76. The van der Waals surface area contributed by atoms with Crippen molar-refractivity contribution >= 4 is 11.6 Å². The van der Waals surface area contributed by atoms with Crippen LogP contribution in [-0.4, -0.2) is 11.6 Å². The van der Waals surface area contributed by atoms with Gasteiger partial charge in [-0.15, -0.1) is 0 Å². The van der Waals surface area contributed by atoms with Crippen molar-refractivity contribution in [1.82, 2.24) is 5.32 Å². The molecule has 76 valence electrons. The van der Waals surface area contributed by atoms with Gasteiger partial charge in [0.1, 0.15) is 0 Å². The summed E-state index contributed by atoms with van der Waals surface area (Å²) in [7, 11) is 0. The summed E-state index contributed by atoms with van der Waals surface area (Å²) >= 11 is 0. The van der Waals surface area contributed by atoms with Crippen LogP contribution in [0.25, 0.3) is 0 Å². The molecule has 1 N–H and O–H groups in total. The lowest BCUT2D eigenvalue weighted by molar-refractivity contribution is -0.114. The van der Waals surface area contributed by atoms with Gasteiger partial charge in [-0.2, -0.15) is 0 Å². The lowest BCUT2D eigenvalue weighted by Crippen LogP contribution is -2.25. The van der Waals surface area contributed by atoms with Gasteiger partial charge < -0.3 is 5.32 Å². The predicted molar refractivity (Wildman–Crippen MR) is 54.4 cm³/mol. The largest absolute Gasteiger partial charge is 0.364 e. The summed E-state index contributed by atoms with van der Waals surface area (Å²) in [6.07, 6.45) is 1.69. The summed E-state index contributed by atoms with van der Waals surface area (Å²) in [5.74, 6) is -0.0585. The van der Waals surface area contributed by atoms with E-state index in [2.05, 4.69) is 5.32 Å². The number of allylic oxidation sites excluding steroid dienone is 3. The van der Waals surface area contributed by atoms with Crippen molar-refractivity contribution in [3.63, 3.8) is 0 Å². The highest BCUT2D eigenvalue weighted by molar-refractivity contribution is 6.01. The van der Waals surface area contributed by atoms with Gasteiger partial charge in [0.2, 0.25) is 0 Å². The van der Waals surface area contributed by atoms with Gasteiger partial charge in [-0.05, 0) is 20.8 Å². The molecule has 1 atom stereocenters. The number of hydrogen-bond acceptors (Lipinski definition) is 3. The number of carbonyl (C=O) groups excluding carboxylic acids is 2. The molecule has 3 nitrogen and oxygen atoms in total. The van der Waals surface area contributed by atoms with E-state index in [-0.39, 0.29) is 17.5 Å². The van der Waals surface area contributed by atoms with Crippen molar-refractivity contribution in [2.45, 2.75) is 27.7 Å². The molecule has 3 heteroatoms. The summed E-state index contributed by atoms with van der Waals surface area (Å²) in [4.78, 5) is 22.6. The van der Waals surface area contributed by atoms with Crippen molar-refractivity contribution in [2.24, 2.45) is 5.92 Å². The van der Waals surface area contributed by atoms with Crippen LogP contribution in [0.15, 0.2) is 23.0 Å². The minimum Gasteiger partial charge on any atom is -0.364 e. The number of Topliss-reactive ketones (excluding diaryl/α,β-unsaturated/α-hetero) is 2. The normalized spacial score (nSPS) is 21.4. The minimum absolute atomic E-state index is 0.0104. The molecule has 0 aromatic carbocycles. The van der Waals surface area contributed by atoms with E-state index >= 15 is 0 Å². The molecule has 0 saturated carbocycles. The van der Waals surface area contributed by atoms with Gasteiger partial charge in [-0.25, -0.2) is 0 Å². The van der Waals surface area contributed by atoms with Crippen LogP contribution in [0.1, 0.15) is 27.7 Å². The Balaban J connectivity index is 3.08. The van der Waals surface area contributed by atoms with E-state index in [9.17, 15) is 9.59 Å². The average molecular weight is 193 g/mol. The zero-order chi connectivity index (χ0) is 10.9. The zero-order valence-corrected chi connectivity index (χ0v) is 8.97. The van der Waals surface area contributed by atoms with Crippen LogP contribution in [-0.2, 0) is 9.59 Å². The third-order valence-electron chi connectivity index (χ3n) is 2.53. The van der Waals surface area contributed by atoms with Gasteiger partial charge in [0, 0.05) is 29.0 Å². The van der Waals surface area contributed by atoms with E-state index in [1.807, 2.05) is 13.8 Å². The number of ketones is 2. The molecular weight excluding hydrogens is 178 g/mol. The second-order valence-corrected chi connectivity index (χ2v) is 3.62. The van der Waals surface area contributed by atoms with Crippen LogP contribution < -0.4 is 5.32 Å². The van der Waals surface area contributed by atoms with Gasteiger partial charge in [0.15, 0.2) is 11.6 Å². The Bertz CT molecular complexity index is 350. The summed E-state index contributed by atoms with van der Waals surface area (Å²) < 4.78 is 0. The summed E-state index contributed by atoms with van der Waals surface area (Å²) in [6, 6.07) is 0. The van der Waals surface area contributed by atoms with Crippen LogP contribution in [0, 0.1) is 5.92 Å². The van der Waals surface area contributed by atoms with Crippen molar-refractivity contribution in [3.8, 4) is 0 Å². The second-order valence-electron chi connectivity index (χ2n) is 3.62. The quantitative estimate of drug-likeness (QED) is 0.724. The third-order valence-corrected chi connectivity index (χ3v) is 2.53. The first-order valence-electron chi connectivity index (χ1n) is 4.64. The zero-order valence-electron chi connectivity index (χ0n) is 8.97. The van der Waals surface area contributed by atoms with Gasteiger partial charge in [-0.1, -0.05) is 6.92 Å². The lowest BCUT2D eigenvalue weighted by atomic mass is 9.86. The van der Waals surface area contributed by atoms with Gasteiger partial charge in [0.25, 0.3) is 0 Å². The molecule has 14 heavy (non-hydrogen) atoms. The van der Waals surface area contributed by atoms with E-state index in [1.165, 1.54) is 13.8 Å². The maximum Gasteiger partial charge on any atom is 0.158 e. The molecule has 0 aromatic rings. The standard InChI is InChI=1S/C11H15NO2/c1-6-10(8(3)13)5-12-7(2)11(6)9(4)14/h5-6,12H,1-4H3. The van der Waals surface area contributed by atoms with Crippen molar-refractivity contribution < 1.29 is 9.59 Å². The Kier molecular flexibility index (Phi) is 2.89. The highest BCUT2D eigenvalue weighted by Crippen LogP contribution is 2.26. The van der Waals surface area contributed by atoms with Crippen molar-refractivity contribution in [3.05, 3.63) is 23.0 Å². The maximum absolute atomic E-state index is 11.4. The number of hydrogen-bond donors (Lipinski definition) is 1. The molecule has 0 aromatic heterocycles. The SMILES string of the molecule is CC(=O)C1=CNC(C)=C(C(C)=O)C1C. The summed E-state index contributed by atoms with van der Waals surface area (Å²) in [6.45, 7) is 6.78. The van der Waals surface area contributed by atoms with Crippen LogP contribution >= 0.6 is 0 Å². The first-order chi connectivity index (χ1) is 6.45. The number of dihydropyridines is 1. The van der Waals surface area contributed by atoms with Crippen LogP contribution in [0.5, 0.6) is 0 Å². The molecular formula is C11H15NO2. The van der Waals surface area contributed by atoms with E-state index < -0.39 is 0 Å². The van der Waals surface area contributed by atoms with E-state index in [0.29, 0.717) is 11.1 Å². The van der Waals surface area contributed by atoms with Gasteiger partial charge >= 0.3 is 0 Å². The second kappa shape index (κ2) is 3.78. The van der Waals surface area contributed by atoms with Crippen LogP contribution in [0.4, 0.5) is 0 Å². The number of rotatable bonds is 2. The molecule has 0 bridgehead atoms. The number of nitrogens with one attached hydrogen (secondary N) is 1. The molecule has 1 unspecified atom stereocenters. The van der Waals surface area contributed by atoms with Crippen LogP contribution in [0.3, 0.4) is 0 Å². The average Bonchev–Trinajstić information content (AvgIpc) is 2.02. The fourth-order valence-corrected chi connectivity index (χ4v) is 1.84. The molecule has 0 spiro atoms. The molecule has 1 aliphatic rings. The number of carbonyl (C=O) groups is 2. The Morgan fingerprint density at radius 2 is 1.86 bits per heavy atom. The molecule has 0 amide bonds. The fraction of sp³-hybridized carbons (Fsp3) is 0.455. The first-order valence-corrected chi connectivity index (χ1v) is 4.64. The molecule has 1 heterocycles. The Morgan fingerprint density at radius 1 is 1.29 bits per heavy atom. The Labute approximate surface area is 83.9 Å². The molecule has 1 aliphatic heterocycles. The highest BCUT2D eigenvalue weighted by Gasteiger charge is 2.25. The van der Waals surface area contributed by atoms with E-state index in [1.54, 1.807) is 6.20 Å². The maximum atomic E-state index is 11.4. The van der Waals surface area contributed by atoms with Crippen molar-refractivity contribution in [2.75, 3.05) is 0 Å². The topological polar surface area (TPSA) is 46.2 Å². The summed E-state index contributed by atoms with van der Waals surface area (Å²) in [5, 5.41) is 2.95. The minimum atomic E-state index is -0.0914. The van der Waals surface area contributed by atoms with Gasteiger partial charge in [-0.3, -0.25) is 9.59 Å². The molecule has 0 fully saturated rings. The molecule has 0 aliphatic carbocycles. The van der Waals surface area contributed by atoms with Crippen LogP contribution in [0.2, 0.25) is 0 Å². The molecule has 0 radical (unpaired) electrons. The summed E-state index contributed by atoms with van der Waals surface area (Å²) in [5.41, 5.74) is 2.22. The first kappa shape index (κ1) is 10.7. The predicted octanol–water partition coefficient (Wildman–Crippen LogP) is 1.56. The van der Waals surface area contributed by atoms with Gasteiger partial charge in [0.05, 0.1) is 0 Å². The monoisotopic (exact) mass is 193 g/mol. The fourth-order valence-electron chi connectivity index (χ4n) is 1.84. The van der Waals surface area contributed by atoms with E-state index in [0.717, 1.165) is 5.70 Å². The van der Waals surface area contributed by atoms with E-state index in [4.69, 9.17) is 0 Å². The lowest BCUT2D eigenvalue weighted by Gasteiger charge is -2.23. The Morgan fingerprint density at radius 3 is 2.29 bits per heavy atom. The highest BCUT2D eigenvalue weighted by atomic mass is 16.1. The van der Waals surface area contributed by atoms with Crippen molar-refractivity contribution in [1.29, 1.82) is 0 Å². The smallest absolute Gasteiger partial charge is 0.158 e. The molecule has 1 rings (SSSR count).